The third-order valence-electron chi connectivity index (χ3n) is 4.90. The van der Waals surface area contributed by atoms with E-state index < -0.39 is 0 Å². The summed E-state index contributed by atoms with van der Waals surface area (Å²) in [6.07, 6.45) is 4.21. The molecule has 4 N–H and O–H groups in total. The van der Waals surface area contributed by atoms with Crippen LogP contribution in [-0.4, -0.2) is 30.6 Å². The molecule has 2 heterocycles. The lowest BCUT2D eigenvalue weighted by Gasteiger charge is -2.07. The molecule has 0 aliphatic heterocycles. The zero-order valence-corrected chi connectivity index (χ0v) is 15.1. The van der Waals surface area contributed by atoms with E-state index in [-0.39, 0.29) is 5.91 Å². The number of nitrogens with two attached hydrogens (primary N) is 1. The minimum Gasteiger partial charge on any atom is -0.327 e. The summed E-state index contributed by atoms with van der Waals surface area (Å²) in [6, 6.07) is 13.5. The van der Waals surface area contributed by atoms with Gasteiger partial charge in [0.2, 0.25) is 0 Å². The molecule has 0 radical (unpaired) electrons. The Bertz CT molecular complexity index is 1150. The molecule has 0 unspecified atom stereocenters. The summed E-state index contributed by atoms with van der Waals surface area (Å²) in [5.41, 5.74) is 9.63. The van der Waals surface area contributed by atoms with Gasteiger partial charge < -0.3 is 15.6 Å². The second-order valence-electron chi connectivity index (χ2n) is 6.93. The first-order valence-corrected chi connectivity index (χ1v) is 9.21. The first-order chi connectivity index (χ1) is 13.7. The second-order valence-corrected chi connectivity index (χ2v) is 6.93. The quantitative estimate of drug-likeness (QED) is 0.498. The second kappa shape index (κ2) is 6.58. The number of imidazole rings is 1. The van der Waals surface area contributed by atoms with Crippen LogP contribution in [0.3, 0.4) is 0 Å². The minimum absolute atomic E-state index is 0.151. The molecule has 1 aliphatic carbocycles. The van der Waals surface area contributed by atoms with Crippen LogP contribution in [0.25, 0.3) is 22.4 Å². The number of H-pyrrole nitrogens is 1. The molecule has 1 amide bonds. The van der Waals surface area contributed by atoms with E-state index in [0.29, 0.717) is 35.5 Å². The fourth-order valence-electron chi connectivity index (χ4n) is 3.23. The van der Waals surface area contributed by atoms with Gasteiger partial charge in [-0.15, -0.1) is 0 Å². The van der Waals surface area contributed by atoms with Gasteiger partial charge in [-0.2, -0.15) is 5.10 Å². The number of aromatic amines is 1. The lowest BCUT2D eigenvalue weighted by molar-refractivity contribution is 0.102. The van der Waals surface area contributed by atoms with Crippen molar-refractivity contribution in [1.82, 2.24) is 24.7 Å². The van der Waals surface area contributed by atoms with Gasteiger partial charge in [-0.3, -0.25) is 9.89 Å². The van der Waals surface area contributed by atoms with Gasteiger partial charge in [0.1, 0.15) is 5.82 Å². The summed E-state index contributed by atoms with van der Waals surface area (Å²) in [7, 11) is 0. The number of amides is 1. The monoisotopic (exact) mass is 373 g/mol. The Balaban J connectivity index is 1.35. The van der Waals surface area contributed by atoms with Gasteiger partial charge >= 0.3 is 0 Å². The standard InChI is InChI=1S/C20H19N7O/c21-10-18-24-19(26-25-18)12-1-4-14(5-2-12)23-20(28)13-3-8-16-17(9-13)27(11-22-16)15-6-7-15/h1-5,8-9,11,15H,6-7,10,21H2,(H,23,28)(H,24,25,26). The maximum absolute atomic E-state index is 12.7. The highest BCUT2D eigenvalue weighted by atomic mass is 16.1. The number of rotatable bonds is 5. The Morgan fingerprint density at radius 2 is 2.04 bits per heavy atom. The fourth-order valence-corrected chi connectivity index (χ4v) is 3.23. The van der Waals surface area contributed by atoms with Crippen molar-refractivity contribution in [1.29, 1.82) is 0 Å². The van der Waals surface area contributed by atoms with E-state index in [1.807, 2.05) is 42.7 Å². The summed E-state index contributed by atoms with van der Waals surface area (Å²) >= 11 is 0. The Morgan fingerprint density at radius 1 is 1.21 bits per heavy atom. The zero-order valence-electron chi connectivity index (χ0n) is 15.1. The smallest absolute Gasteiger partial charge is 0.255 e. The van der Waals surface area contributed by atoms with Crippen LogP contribution >= 0.6 is 0 Å². The van der Waals surface area contributed by atoms with E-state index in [9.17, 15) is 4.79 Å². The molecule has 2 aromatic heterocycles. The molecule has 8 nitrogen and oxygen atoms in total. The zero-order chi connectivity index (χ0) is 19.1. The van der Waals surface area contributed by atoms with Crippen LogP contribution < -0.4 is 11.1 Å². The van der Waals surface area contributed by atoms with Gasteiger partial charge in [0.05, 0.1) is 23.9 Å². The van der Waals surface area contributed by atoms with E-state index in [4.69, 9.17) is 5.73 Å². The maximum atomic E-state index is 12.7. The van der Waals surface area contributed by atoms with E-state index in [1.165, 1.54) is 12.8 Å². The molecule has 140 valence electrons. The molecule has 28 heavy (non-hydrogen) atoms. The van der Waals surface area contributed by atoms with Crippen LogP contribution in [0.1, 0.15) is 35.1 Å². The van der Waals surface area contributed by atoms with Gasteiger partial charge in [-0.1, -0.05) is 0 Å². The van der Waals surface area contributed by atoms with E-state index in [2.05, 4.69) is 30.0 Å². The summed E-state index contributed by atoms with van der Waals surface area (Å²) < 4.78 is 2.16. The molecular weight excluding hydrogens is 354 g/mol. The normalized spacial score (nSPS) is 13.8. The van der Waals surface area contributed by atoms with Gasteiger partial charge in [0.15, 0.2) is 5.82 Å². The summed E-state index contributed by atoms with van der Waals surface area (Å²) in [5, 5.41) is 9.86. The van der Waals surface area contributed by atoms with Crippen molar-refractivity contribution in [3.8, 4) is 11.4 Å². The number of nitrogens with one attached hydrogen (secondary N) is 2. The van der Waals surface area contributed by atoms with Crippen molar-refractivity contribution in [2.75, 3.05) is 5.32 Å². The van der Waals surface area contributed by atoms with Gasteiger partial charge in [0.25, 0.3) is 5.91 Å². The van der Waals surface area contributed by atoms with Crippen LogP contribution in [0, 0.1) is 0 Å². The highest BCUT2D eigenvalue weighted by Crippen LogP contribution is 2.37. The van der Waals surface area contributed by atoms with Crippen LogP contribution in [-0.2, 0) is 6.54 Å². The summed E-state index contributed by atoms with van der Waals surface area (Å²) in [5.74, 6) is 1.06. The number of carbonyl (C=O) groups is 1. The largest absolute Gasteiger partial charge is 0.327 e. The third-order valence-corrected chi connectivity index (χ3v) is 4.90. The van der Waals surface area contributed by atoms with Crippen molar-refractivity contribution in [2.45, 2.75) is 25.4 Å². The first-order valence-electron chi connectivity index (χ1n) is 9.21. The Hall–Kier alpha value is -3.52. The van der Waals surface area contributed by atoms with Crippen molar-refractivity contribution in [3.05, 3.63) is 60.2 Å². The molecule has 1 aliphatic rings. The van der Waals surface area contributed by atoms with Crippen LogP contribution in [0.5, 0.6) is 0 Å². The van der Waals surface area contributed by atoms with Crippen molar-refractivity contribution >= 4 is 22.6 Å². The van der Waals surface area contributed by atoms with Gasteiger partial charge in [0, 0.05) is 22.9 Å². The van der Waals surface area contributed by atoms with Crippen molar-refractivity contribution in [3.63, 3.8) is 0 Å². The average molecular weight is 373 g/mol. The number of nitrogens with zero attached hydrogens (tertiary/aromatic N) is 4. The number of hydrogen-bond acceptors (Lipinski definition) is 5. The number of fused-ring (bicyclic) bond motifs is 1. The summed E-state index contributed by atoms with van der Waals surface area (Å²) in [4.78, 5) is 21.4. The molecule has 5 rings (SSSR count). The van der Waals surface area contributed by atoms with Crippen LogP contribution in [0.4, 0.5) is 5.69 Å². The minimum atomic E-state index is -0.151. The number of benzene rings is 2. The van der Waals surface area contributed by atoms with Gasteiger partial charge in [-0.05, 0) is 55.3 Å². The van der Waals surface area contributed by atoms with Crippen LogP contribution in [0.15, 0.2) is 48.8 Å². The summed E-state index contributed by atoms with van der Waals surface area (Å²) in [6.45, 7) is 0.311. The molecule has 0 spiro atoms. The number of hydrogen-bond donors (Lipinski definition) is 3. The molecular formula is C20H19N7O. The molecule has 0 bridgehead atoms. The molecule has 0 atom stereocenters. The number of aromatic nitrogens is 5. The highest BCUT2D eigenvalue weighted by Gasteiger charge is 2.25. The van der Waals surface area contributed by atoms with E-state index in [0.717, 1.165) is 16.6 Å². The van der Waals surface area contributed by atoms with Crippen molar-refractivity contribution in [2.24, 2.45) is 5.73 Å². The average Bonchev–Trinajstić information content (AvgIpc) is 3.29. The number of carbonyl (C=O) groups excluding carboxylic acids is 1. The van der Waals surface area contributed by atoms with Crippen LogP contribution in [0.2, 0.25) is 0 Å². The topological polar surface area (TPSA) is 115 Å². The predicted octanol–water partition coefficient (Wildman–Crippen LogP) is 2.87. The maximum Gasteiger partial charge on any atom is 0.255 e. The molecule has 2 aromatic carbocycles. The Kier molecular flexibility index (Phi) is 3.91. The van der Waals surface area contributed by atoms with Crippen molar-refractivity contribution < 1.29 is 4.79 Å². The number of anilines is 1. The Labute approximate surface area is 160 Å². The Morgan fingerprint density at radius 3 is 2.75 bits per heavy atom. The lowest BCUT2D eigenvalue weighted by atomic mass is 10.1. The first kappa shape index (κ1) is 16.6. The molecule has 1 saturated carbocycles. The van der Waals surface area contributed by atoms with Gasteiger partial charge in [-0.25, -0.2) is 9.97 Å². The predicted molar refractivity (Wildman–Crippen MR) is 106 cm³/mol. The van der Waals surface area contributed by atoms with E-state index in [1.54, 1.807) is 6.07 Å². The van der Waals surface area contributed by atoms with E-state index >= 15 is 0 Å². The SMILES string of the molecule is NCc1nc(-c2ccc(NC(=O)c3ccc4ncn(C5CC5)c4c3)cc2)n[nH]1. The fraction of sp³-hybridized carbons (Fsp3) is 0.200. The molecule has 1 fully saturated rings. The lowest BCUT2D eigenvalue weighted by Crippen LogP contribution is -2.11. The third kappa shape index (κ3) is 3.03. The molecule has 8 heteroatoms. The molecule has 4 aromatic rings. The molecule has 0 saturated heterocycles. The highest BCUT2D eigenvalue weighted by molar-refractivity contribution is 6.06.